The van der Waals surface area contributed by atoms with E-state index >= 15 is 0 Å². The molecule has 2 N–H and O–H groups in total. The van der Waals surface area contributed by atoms with Crippen LogP contribution < -0.4 is 5.32 Å². The van der Waals surface area contributed by atoms with E-state index in [9.17, 15) is 4.79 Å². The van der Waals surface area contributed by atoms with Crippen LogP contribution >= 0.6 is 0 Å². The van der Waals surface area contributed by atoms with Crippen LogP contribution in [-0.4, -0.2) is 35.4 Å². The zero-order chi connectivity index (χ0) is 7.35. The Morgan fingerprint density at radius 2 is 2.40 bits per heavy atom. The number of carboxylic acids is 1. The van der Waals surface area contributed by atoms with Gasteiger partial charge in [-0.25, -0.2) is 5.32 Å². The smallest absolute Gasteiger partial charge is 0.314 e. The number of aliphatic carboxylic acids is 1. The second-order valence-corrected chi connectivity index (χ2v) is 2.96. The summed E-state index contributed by atoms with van der Waals surface area (Å²) in [7, 11) is 0. The number of fused-ring (bicyclic) bond motifs is 1. The largest absolute Gasteiger partial charge is 0.481 e. The maximum absolute atomic E-state index is 10.6. The molecule has 2 rings (SSSR count). The predicted octanol–water partition coefficient (Wildman–Crippen LogP) is -1.33. The first kappa shape index (κ1) is 6.12. The monoisotopic (exact) mass is 142 g/mol. The van der Waals surface area contributed by atoms with Crippen LogP contribution in [0.1, 0.15) is 0 Å². The number of rotatable bonds is 1. The number of hydrogen-bond acceptors (Lipinski definition) is 2. The third-order valence-electron chi connectivity index (χ3n) is 2.56. The van der Waals surface area contributed by atoms with Crippen LogP contribution in [0.5, 0.6) is 0 Å². The number of aliphatic hydroxyl groups is 1. The first-order valence-electron chi connectivity index (χ1n) is 3.24. The van der Waals surface area contributed by atoms with Crippen molar-refractivity contribution in [3.8, 4) is 0 Å². The lowest BCUT2D eigenvalue weighted by Gasteiger charge is -2.03. The Hall–Kier alpha value is -0.610. The molecule has 0 aromatic rings. The second kappa shape index (κ2) is 1.52. The minimum Gasteiger partial charge on any atom is -0.481 e. The average molecular weight is 142 g/mol. The Morgan fingerprint density at radius 3 is 2.70 bits per heavy atom. The second-order valence-electron chi connectivity index (χ2n) is 2.96. The number of aliphatic hydroxyl groups excluding tert-OH is 1. The first-order valence-corrected chi connectivity index (χ1v) is 3.24. The normalized spacial score (nSPS) is 50.5. The van der Waals surface area contributed by atoms with Gasteiger partial charge in [-0.2, -0.15) is 0 Å². The summed E-state index contributed by atoms with van der Waals surface area (Å²) in [5.74, 6) is -0.990. The van der Waals surface area contributed by atoms with Gasteiger partial charge in [-0.15, -0.1) is 0 Å². The molecule has 2 aliphatic rings. The number of nitrogens with zero attached hydrogens (tertiary/aromatic N) is 1. The third kappa shape index (κ3) is 0.433. The van der Waals surface area contributed by atoms with Crippen LogP contribution in [0, 0.1) is 11.3 Å². The summed E-state index contributed by atoms with van der Waals surface area (Å²) in [6.07, 6.45) is -0.637. The maximum Gasteiger partial charge on any atom is 0.314 e. The fraction of sp³-hybridized carbons (Fsp3) is 0.833. The minimum atomic E-state index is -0.897. The zero-order valence-electron chi connectivity index (χ0n) is 5.32. The van der Waals surface area contributed by atoms with Crippen molar-refractivity contribution in [2.45, 2.75) is 6.10 Å². The van der Waals surface area contributed by atoms with Gasteiger partial charge in [-0.3, -0.25) is 4.79 Å². The molecule has 0 amide bonds. The van der Waals surface area contributed by atoms with Crippen molar-refractivity contribution < 1.29 is 15.0 Å². The molecule has 1 aliphatic carbocycles. The Balaban J connectivity index is 2.24. The zero-order valence-corrected chi connectivity index (χ0v) is 5.32. The maximum atomic E-state index is 10.6. The van der Waals surface area contributed by atoms with Gasteiger partial charge in [0.05, 0.1) is 6.10 Å². The fourth-order valence-corrected chi connectivity index (χ4v) is 1.71. The van der Waals surface area contributed by atoms with Crippen LogP contribution in [-0.2, 0) is 4.79 Å². The molecule has 0 aromatic heterocycles. The lowest BCUT2D eigenvalue weighted by molar-refractivity contribution is -0.144. The summed E-state index contributed by atoms with van der Waals surface area (Å²) in [6, 6.07) is 0. The Kier molecular flexibility index (Phi) is 0.928. The third-order valence-corrected chi connectivity index (χ3v) is 2.56. The molecule has 0 aromatic carbocycles. The van der Waals surface area contributed by atoms with Crippen molar-refractivity contribution in [1.82, 2.24) is 5.32 Å². The van der Waals surface area contributed by atoms with Crippen LogP contribution in [0.3, 0.4) is 0 Å². The molecular weight excluding hydrogens is 134 g/mol. The highest BCUT2D eigenvalue weighted by Crippen LogP contribution is 2.55. The van der Waals surface area contributed by atoms with E-state index in [4.69, 9.17) is 10.2 Å². The van der Waals surface area contributed by atoms with Crippen molar-refractivity contribution in [1.29, 1.82) is 0 Å². The minimum absolute atomic E-state index is 0.0926. The summed E-state index contributed by atoms with van der Waals surface area (Å²) in [4.78, 5) is 10.6. The topological polar surface area (TPSA) is 71.6 Å². The molecule has 3 atom stereocenters. The highest BCUT2D eigenvalue weighted by molar-refractivity contribution is 5.81. The number of hydrogen-bond donors (Lipinski definition) is 2. The molecule has 4 heteroatoms. The summed E-state index contributed by atoms with van der Waals surface area (Å²) in [5.41, 5.74) is -0.875. The molecule has 0 bridgehead atoms. The SMILES string of the molecule is O=C(O)C12C[N]CC1C2O. The number of carbonyl (C=O) groups is 1. The lowest BCUT2D eigenvalue weighted by Crippen LogP contribution is -2.25. The summed E-state index contributed by atoms with van der Waals surface area (Å²) >= 11 is 0. The molecule has 10 heavy (non-hydrogen) atoms. The fourth-order valence-electron chi connectivity index (χ4n) is 1.71. The molecule has 1 heterocycles. The van der Waals surface area contributed by atoms with Crippen LogP contribution in [0.2, 0.25) is 0 Å². The van der Waals surface area contributed by atoms with E-state index in [0.717, 1.165) is 0 Å². The van der Waals surface area contributed by atoms with Crippen molar-refractivity contribution in [3.05, 3.63) is 0 Å². The predicted molar refractivity (Wildman–Crippen MR) is 31.4 cm³/mol. The van der Waals surface area contributed by atoms with E-state index < -0.39 is 17.5 Å². The van der Waals surface area contributed by atoms with Crippen molar-refractivity contribution in [3.63, 3.8) is 0 Å². The van der Waals surface area contributed by atoms with Gasteiger partial charge in [0.2, 0.25) is 0 Å². The van der Waals surface area contributed by atoms with Gasteiger partial charge in [0, 0.05) is 19.0 Å². The van der Waals surface area contributed by atoms with Gasteiger partial charge in [0.25, 0.3) is 0 Å². The van der Waals surface area contributed by atoms with E-state index in [1.54, 1.807) is 0 Å². The Morgan fingerprint density at radius 1 is 1.70 bits per heavy atom. The highest BCUT2D eigenvalue weighted by Gasteiger charge is 2.72. The van der Waals surface area contributed by atoms with E-state index in [0.29, 0.717) is 13.1 Å². The molecule has 1 saturated carbocycles. The van der Waals surface area contributed by atoms with Gasteiger partial charge in [-0.05, 0) is 0 Å². The Labute approximate surface area is 57.9 Å². The summed E-state index contributed by atoms with van der Waals surface area (Å²) < 4.78 is 0. The van der Waals surface area contributed by atoms with Crippen LogP contribution in [0.4, 0.5) is 0 Å². The molecule has 4 nitrogen and oxygen atoms in total. The average Bonchev–Trinajstić information content (AvgIpc) is 2.36. The van der Waals surface area contributed by atoms with E-state index in [1.807, 2.05) is 0 Å². The number of piperidine rings is 1. The molecule has 2 fully saturated rings. The first-order chi connectivity index (χ1) is 4.69. The molecular formula is C6H8NO3. The standard InChI is InChI=1S/C6H8NO3/c8-4-3-1-7-2-6(3,4)5(9)10/h3-4,8H,1-2H2,(H,9,10). The molecule has 1 aliphatic heterocycles. The number of carboxylic acid groups (broad SMARTS) is 1. The van der Waals surface area contributed by atoms with E-state index in [1.165, 1.54) is 0 Å². The molecule has 55 valence electrons. The lowest BCUT2D eigenvalue weighted by atomic mass is 10.1. The van der Waals surface area contributed by atoms with Gasteiger partial charge >= 0.3 is 5.97 Å². The Bertz CT molecular complexity index is 193. The van der Waals surface area contributed by atoms with Crippen LogP contribution in [0.15, 0.2) is 0 Å². The van der Waals surface area contributed by atoms with Crippen molar-refractivity contribution in [2.24, 2.45) is 11.3 Å². The molecule has 0 spiro atoms. The van der Waals surface area contributed by atoms with Gasteiger partial charge < -0.3 is 10.2 Å². The van der Waals surface area contributed by atoms with Crippen LogP contribution in [0.25, 0.3) is 0 Å². The quantitative estimate of drug-likeness (QED) is 0.476. The van der Waals surface area contributed by atoms with Gasteiger partial charge in [0.1, 0.15) is 5.41 Å². The van der Waals surface area contributed by atoms with E-state index in [-0.39, 0.29) is 5.92 Å². The van der Waals surface area contributed by atoms with Crippen molar-refractivity contribution >= 4 is 5.97 Å². The molecule has 1 radical (unpaired) electrons. The summed E-state index contributed by atoms with van der Waals surface area (Å²) in [6.45, 7) is 0.821. The van der Waals surface area contributed by atoms with E-state index in [2.05, 4.69) is 5.32 Å². The molecule has 3 unspecified atom stereocenters. The summed E-state index contributed by atoms with van der Waals surface area (Å²) in [5, 5.41) is 21.7. The molecule has 1 saturated heterocycles. The van der Waals surface area contributed by atoms with Gasteiger partial charge in [0.15, 0.2) is 0 Å². The van der Waals surface area contributed by atoms with Crippen molar-refractivity contribution in [2.75, 3.05) is 13.1 Å². The van der Waals surface area contributed by atoms with Gasteiger partial charge in [-0.1, -0.05) is 0 Å². The highest BCUT2D eigenvalue weighted by atomic mass is 16.4.